The minimum atomic E-state index is -0.0381. The number of nitrogens with zero attached hydrogens (tertiary/aromatic N) is 3. The number of anilines is 1. The maximum absolute atomic E-state index is 12.1. The highest BCUT2D eigenvalue weighted by Crippen LogP contribution is 2.18. The molecule has 0 saturated heterocycles. The zero-order chi connectivity index (χ0) is 15.4. The molecule has 1 aromatic heterocycles. The van der Waals surface area contributed by atoms with Crippen molar-refractivity contribution in [1.82, 2.24) is 9.47 Å². The number of rotatable bonds is 4. The molecule has 1 N–H and O–H groups in total. The summed E-state index contributed by atoms with van der Waals surface area (Å²) >= 11 is 0. The van der Waals surface area contributed by atoms with Crippen LogP contribution in [-0.2, 0) is 13.6 Å². The van der Waals surface area contributed by atoms with E-state index < -0.39 is 0 Å². The summed E-state index contributed by atoms with van der Waals surface area (Å²) in [4.78, 5) is 13.7. The maximum Gasteiger partial charge on any atom is 0.255 e. The number of para-hydroxylation sites is 1. The van der Waals surface area contributed by atoms with Crippen molar-refractivity contribution in [2.75, 3.05) is 19.4 Å². The van der Waals surface area contributed by atoms with Crippen molar-refractivity contribution in [3.8, 4) is 6.07 Å². The van der Waals surface area contributed by atoms with Crippen molar-refractivity contribution >= 4 is 11.6 Å². The first-order valence-corrected chi connectivity index (χ1v) is 6.63. The van der Waals surface area contributed by atoms with Crippen LogP contribution in [0, 0.1) is 11.3 Å². The van der Waals surface area contributed by atoms with Gasteiger partial charge in [-0.25, -0.2) is 0 Å². The van der Waals surface area contributed by atoms with E-state index in [2.05, 4.69) is 11.4 Å². The van der Waals surface area contributed by atoms with Gasteiger partial charge in [0.05, 0.1) is 5.56 Å². The van der Waals surface area contributed by atoms with Crippen LogP contribution in [0.15, 0.2) is 36.5 Å². The lowest BCUT2D eigenvalue weighted by molar-refractivity contribution is 0.0828. The number of hydrogen-bond donors (Lipinski definition) is 1. The van der Waals surface area contributed by atoms with Crippen LogP contribution < -0.4 is 5.32 Å². The quantitative estimate of drug-likeness (QED) is 0.935. The lowest BCUT2D eigenvalue weighted by Crippen LogP contribution is -2.22. The Balaban J connectivity index is 2.17. The first-order chi connectivity index (χ1) is 10.0. The number of aryl methyl sites for hydroxylation is 1. The third-order valence-electron chi connectivity index (χ3n) is 3.22. The van der Waals surface area contributed by atoms with E-state index in [-0.39, 0.29) is 5.91 Å². The molecule has 0 aliphatic carbocycles. The average Bonchev–Trinajstić information content (AvgIpc) is 2.84. The third-order valence-corrected chi connectivity index (χ3v) is 3.22. The zero-order valence-electron chi connectivity index (χ0n) is 12.4. The summed E-state index contributed by atoms with van der Waals surface area (Å²) in [5.74, 6) is -0.0381. The van der Waals surface area contributed by atoms with Crippen molar-refractivity contribution < 1.29 is 4.79 Å². The highest BCUT2D eigenvalue weighted by atomic mass is 16.2. The van der Waals surface area contributed by atoms with Crippen molar-refractivity contribution in [3.05, 3.63) is 53.3 Å². The molecule has 2 rings (SSSR count). The van der Waals surface area contributed by atoms with Crippen LogP contribution in [0.25, 0.3) is 0 Å². The molecule has 108 valence electrons. The summed E-state index contributed by atoms with van der Waals surface area (Å²) in [6.45, 7) is 0.563. The van der Waals surface area contributed by atoms with E-state index >= 15 is 0 Å². The van der Waals surface area contributed by atoms with Gasteiger partial charge in [-0.3, -0.25) is 4.79 Å². The van der Waals surface area contributed by atoms with Gasteiger partial charge in [0.1, 0.15) is 11.8 Å². The number of nitriles is 1. The minimum Gasteiger partial charge on any atom is -0.380 e. The summed E-state index contributed by atoms with van der Waals surface area (Å²) in [6.07, 6.45) is 1.90. The fourth-order valence-electron chi connectivity index (χ4n) is 2.10. The monoisotopic (exact) mass is 282 g/mol. The van der Waals surface area contributed by atoms with E-state index in [1.54, 1.807) is 29.6 Å². The molecule has 1 amide bonds. The average molecular weight is 282 g/mol. The largest absolute Gasteiger partial charge is 0.380 e. The topological polar surface area (TPSA) is 61.1 Å². The predicted molar refractivity (Wildman–Crippen MR) is 81.9 cm³/mol. The van der Waals surface area contributed by atoms with Crippen molar-refractivity contribution in [2.24, 2.45) is 7.05 Å². The SMILES string of the molecule is CN(C)C(=O)c1ccccc1NCc1cc(C#N)n(C)c1. The molecule has 0 aliphatic rings. The van der Waals surface area contributed by atoms with E-state index in [1.807, 2.05) is 37.5 Å². The summed E-state index contributed by atoms with van der Waals surface area (Å²) in [5, 5.41) is 12.2. The number of carbonyl (C=O) groups excluding carboxylic acids is 1. The first kappa shape index (κ1) is 14.7. The minimum absolute atomic E-state index is 0.0381. The van der Waals surface area contributed by atoms with Crippen LogP contribution in [0.1, 0.15) is 21.6 Å². The molecule has 0 radical (unpaired) electrons. The number of nitrogens with one attached hydrogen (secondary N) is 1. The van der Waals surface area contributed by atoms with Crippen molar-refractivity contribution in [3.63, 3.8) is 0 Å². The molecular weight excluding hydrogens is 264 g/mol. The molecular formula is C16H18N4O. The van der Waals surface area contributed by atoms with Crippen molar-refractivity contribution in [2.45, 2.75) is 6.54 Å². The van der Waals surface area contributed by atoms with Gasteiger partial charge in [0, 0.05) is 39.6 Å². The Labute approximate surface area is 124 Å². The molecule has 0 unspecified atom stereocenters. The molecule has 1 heterocycles. The van der Waals surface area contributed by atoms with E-state index in [1.165, 1.54) is 0 Å². The van der Waals surface area contributed by atoms with Crippen molar-refractivity contribution in [1.29, 1.82) is 5.26 Å². The Bertz CT molecular complexity index is 695. The second-order valence-electron chi connectivity index (χ2n) is 5.06. The van der Waals surface area contributed by atoms with Gasteiger partial charge in [-0.05, 0) is 23.8 Å². The second kappa shape index (κ2) is 6.14. The molecule has 2 aromatic rings. The Morgan fingerprint density at radius 2 is 2.10 bits per heavy atom. The summed E-state index contributed by atoms with van der Waals surface area (Å²) in [7, 11) is 5.30. The summed E-state index contributed by atoms with van der Waals surface area (Å²) < 4.78 is 1.79. The van der Waals surface area contributed by atoms with Gasteiger partial charge >= 0.3 is 0 Å². The molecule has 0 saturated carbocycles. The normalized spacial score (nSPS) is 10.0. The highest BCUT2D eigenvalue weighted by molar-refractivity contribution is 5.99. The van der Waals surface area contributed by atoms with E-state index in [9.17, 15) is 4.79 Å². The number of benzene rings is 1. The van der Waals surface area contributed by atoms with Gasteiger partial charge in [0.2, 0.25) is 0 Å². The Morgan fingerprint density at radius 3 is 2.71 bits per heavy atom. The third kappa shape index (κ3) is 3.23. The number of amides is 1. The standard InChI is InChI=1S/C16H18N4O/c1-19(2)16(21)14-6-4-5-7-15(14)18-10-12-8-13(9-17)20(3)11-12/h4-8,11,18H,10H2,1-3H3. The highest BCUT2D eigenvalue weighted by Gasteiger charge is 2.12. The van der Waals surface area contributed by atoms with E-state index in [0.29, 0.717) is 17.8 Å². The predicted octanol–water partition coefficient (Wildman–Crippen LogP) is 2.21. The first-order valence-electron chi connectivity index (χ1n) is 6.63. The fourth-order valence-corrected chi connectivity index (χ4v) is 2.10. The van der Waals surface area contributed by atoms with Crippen LogP contribution >= 0.6 is 0 Å². The molecule has 0 bridgehead atoms. The van der Waals surface area contributed by atoms with Gasteiger partial charge in [-0.15, -0.1) is 0 Å². The molecule has 0 atom stereocenters. The summed E-state index contributed by atoms with van der Waals surface area (Å²) in [6, 6.07) is 11.4. The zero-order valence-corrected chi connectivity index (χ0v) is 12.4. The lowest BCUT2D eigenvalue weighted by Gasteiger charge is -2.15. The summed E-state index contributed by atoms with van der Waals surface area (Å²) in [5.41, 5.74) is 3.04. The molecule has 1 aromatic carbocycles. The molecule has 5 heteroatoms. The molecule has 0 spiro atoms. The Morgan fingerprint density at radius 1 is 1.38 bits per heavy atom. The van der Waals surface area contributed by atoms with Gasteiger partial charge < -0.3 is 14.8 Å². The number of hydrogen-bond acceptors (Lipinski definition) is 3. The van der Waals surface area contributed by atoms with Gasteiger partial charge in [0.25, 0.3) is 5.91 Å². The Kier molecular flexibility index (Phi) is 4.29. The number of carbonyl (C=O) groups is 1. The van der Waals surface area contributed by atoms with Gasteiger partial charge in [0.15, 0.2) is 0 Å². The van der Waals surface area contributed by atoms with Crippen LogP contribution in [0.3, 0.4) is 0 Å². The van der Waals surface area contributed by atoms with Crippen LogP contribution in [0.5, 0.6) is 0 Å². The Hall–Kier alpha value is -2.74. The van der Waals surface area contributed by atoms with Gasteiger partial charge in [-0.2, -0.15) is 5.26 Å². The molecule has 0 fully saturated rings. The second-order valence-corrected chi connectivity index (χ2v) is 5.06. The van der Waals surface area contributed by atoms with E-state index in [0.717, 1.165) is 11.3 Å². The van der Waals surface area contributed by atoms with Gasteiger partial charge in [-0.1, -0.05) is 12.1 Å². The maximum atomic E-state index is 12.1. The van der Waals surface area contributed by atoms with Crippen LogP contribution in [0.4, 0.5) is 5.69 Å². The molecule has 0 aliphatic heterocycles. The number of aromatic nitrogens is 1. The van der Waals surface area contributed by atoms with Crippen LogP contribution in [0.2, 0.25) is 0 Å². The molecule has 21 heavy (non-hydrogen) atoms. The van der Waals surface area contributed by atoms with Crippen LogP contribution in [-0.4, -0.2) is 29.5 Å². The molecule has 5 nitrogen and oxygen atoms in total. The lowest BCUT2D eigenvalue weighted by atomic mass is 10.1. The fraction of sp³-hybridized carbons (Fsp3) is 0.250. The van der Waals surface area contributed by atoms with E-state index in [4.69, 9.17) is 5.26 Å². The smallest absolute Gasteiger partial charge is 0.255 e.